The molecule has 0 aliphatic carbocycles. The maximum absolute atomic E-state index is 12.6. The molecule has 8 heteroatoms. The third kappa shape index (κ3) is 5.15. The Kier molecular flexibility index (Phi) is 6.74. The highest BCUT2D eigenvalue weighted by Gasteiger charge is 2.26. The Balaban J connectivity index is 2.01. The molecule has 0 aliphatic heterocycles. The molecular formula is C17H20N2O4S2. The lowest BCUT2D eigenvalue weighted by molar-refractivity contribution is -0.121. The van der Waals surface area contributed by atoms with Crippen molar-refractivity contribution in [2.75, 3.05) is 20.2 Å². The first-order valence-electron chi connectivity index (χ1n) is 7.51. The van der Waals surface area contributed by atoms with Crippen molar-refractivity contribution in [2.45, 2.75) is 10.8 Å². The van der Waals surface area contributed by atoms with E-state index in [1.54, 1.807) is 18.6 Å². The largest absolute Gasteiger partial charge is 0.497 e. The van der Waals surface area contributed by atoms with Crippen LogP contribution in [0.2, 0.25) is 0 Å². The predicted octanol–water partition coefficient (Wildman–Crippen LogP) is 2.25. The van der Waals surface area contributed by atoms with E-state index in [1.807, 2.05) is 24.3 Å². The molecule has 0 radical (unpaired) electrons. The van der Waals surface area contributed by atoms with Gasteiger partial charge < -0.3 is 10.1 Å². The molecule has 0 fully saturated rings. The van der Waals surface area contributed by atoms with Crippen LogP contribution in [-0.2, 0) is 21.4 Å². The zero-order chi connectivity index (χ0) is 18.3. The highest BCUT2D eigenvalue weighted by atomic mass is 32.2. The zero-order valence-electron chi connectivity index (χ0n) is 13.8. The van der Waals surface area contributed by atoms with E-state index < -0.39 is 10.0 Å². The van der Waals surface area contributed by atoms with E-state index in [4.69, 9.17) is 4.74 Å². The van der Waals surface area contributed by atoms with Crippen molar-refractivity contribution >= 4 is 27.3 Å². The average molecular weight is 380 g/mol. The Hall–Kier alpha value is -2.16. The van der Waals surface area contributed by atoms with Crippen molar-refractivity contribution in [3.8, 4) is 5.75 Å². The summed E-state index contributed by atoms with van der Waals surface area (Å²) in [5.74, 6) is 0.310. The number of sulfonamides is 1. The average Bonchev–Trinajstić information content (AvgIpc) is 3.15. The predicted molar refractivity (Wildman–Crippen MR) is 98.1 cm³/mol. The van der Waals surface area contributed by atoms with Gasteiger partial charge in [0.25, 0.3) is 10.0 Å². The van der Waals surface area contributed by atoms with Crippen LogP contribution in [0.3, 0.4) is 0 Å². The minimum atomic E-state index is -3.71. The Morgan fingerprint density at radius 2 is 2.16 bits per heavy atom. The molecule has 0 unspecified atom stereocenters. The Morgan fingerprint density at radius 3 is 2.80 bits per heavy atom. The van der Waals surface area contributed by atoms with Crippen molar-refractivity contribution in [1.29, 1.82) is 0 Å². The van der Waals surface area contributed by atoms with E-state index in [1.165, 1.54) is 12.1 Å². The van der Waals surface area contributed by atoms with Crippen molar-refractivity contribution in [2.24, 2.45) is 0 Å². The van der Waals surface area contributed by atoms with Gasteiger partial charge in [-0.3, -0.25) is 4.79 Å². The number of amides is 1. The monoisotopic (exact) mass is 380 g/mol. The van der Waals surface area contributed by atoms with Crippen molar-refractivity contribution in [1.82, 2.24) is 9.62 Å². The van der Waals surface area contributed by atoms with Crippen LogP contribution in [0.25, 0.3) is 0 Å². The molecule has 25 heavy (non-hydrogen) atoms. The van der Waals surface area contributed by atoms with Gasteiger partial charge in [0.05, 0.1) is 13.7 Å². The summed E-state index contributed by atoms with van der Waals surface area (Å²) in [4.78, 5) is 12.2. The molecule has 0 spiro atoms. The number of nitrogens with zero attached hydrogens (tertiary/aromatic N) is 1. The number of carbonyl (C=O) groups excluding carboxylic acids is 1. The maximum atomic E-state index is 12.6. The lowest BCUT2D eigenvalue weighted by Crippen LogP contribution is -2.40. The number of benzene rings is 1. The molecule has 0 bridgehead atoms. The van der Waals surface area contributed by atoms with Crippen LogP contribution in [0.1, 0.15) is 5.56 Å². The second-order valence-corrected chi connectivity index (χ2v) is 8.26. The summed E-state index contributed by atoms with van der Waals surface area (Å²) in [5.41, 5.74) is 0.865. The molecule has 6 nitrogen and oxygen atoms in total. The van der Waals surface area contributed by atoms with Gasteiger partial charge in [0, 0.05) is 13.1 Å². The van der Waals surface area contributed by atoms with Gasteiger partial charge in [0.15, 0.2) is 0 Å². The normalized spacial score (nSPS) is 11.3. The van der Waals surface area contributed by atoms with Crippen LogP contribution in [0.5, 0.6) is 5.75 Å². The van der Waals surface area contributed by atoms with Crippen molar-refractivity contribution < 1.29 is 17.9 Å². The molecule has 1 heterocycles. The van der Waals surface area contributed by atoms with E-state index in [0.717, 1.165) is 21.2 Å². The standard InChI is InChI=1S/C17H20N2O4S2/c1-3-9-19(25(21,22)17-8-5-10-24-17)13-16(20)18-12-14-6-4-7-15(11-14)23-2/h3-8,10-11H,1,9,12-13H2,2H3,(H,18,20). The van der Waals surface area contributed by atoms with E-state index in [0.29, 0.717) is 5.75 Å². The molecule has 0 saturated heterocycles. The van der Waals surface area contributed by atoms with Crippen LogP contribution < -0.4 is 10.1 Å². The SMILES string of the molecule is C=CCN(CC(=O)NCc1cccc(OC)c1)S(=O)(=O)c1cccs1. The van der Waals surface area contributed by atoms with Crippen molar-refractivity contribution in [3.63, 3.8) is 0 Å². The van der Waals surface area contributed by atoms with Gasteiger partial charge in [-0.2, -0.15) is 4.31 Å². The minimum absolute atomic E-state index is 0.0623. The molecule has 2 aromatic rings. The lowest BCUT2D eigenvalue weighted by Gasteiger charge is -2.19. The molecule has 1 aromatic heterocycles. The fraction of sp³-hybridized carbons (Fsp3) is 0.235. The zero-order valence-corrected chi connectivity index (χ0v) is 15.5. The summed E-state index contributed by atoms with van der Waals surface area (Å²) in [6.07, 6.45) is 1.46. The van der Waals surface area contributed by atoms with E-state index >= 15 is 0 Å². The van der Waals surface area contributed by atoms with Crippen LogP contribution in [-0.4, -0.2) is 38.8 Å². The topological polar surface area (TPSA) is 75.7 Å². The summed E-state index contributed by atoms with van der Waals surface area (Å²) in [7, 11) is -2.14. The van der Waals surface area contributed by atoms with Gasteiger partial charge in [-0.25, -0.2) is 8.42 Å². The third-order valence-corrected chi connectivity index (χ3v) is 6.55. The number of hydrogen-bond donors (Lipinski definition) is 1. The maximum Gasteiger partial charge on any atom is 0.253 e. The lowest BCUT2D eigenvalue weighted by atomic mass is 10.2. The van der Waals surface area contributed by atoms with Crippen LogP contribution >= 0.6 is 11.3 Å². The number of carbonyl (C=O) groups is 1. The molecular weight excluding hydrogens is 360 g/mol. The number of nitrogens with one attached hydrogen (secondary N) is 1. The van der Waals surface area contributed by atoms with Gasteiger partial charge in [-0.15, -0.1) is 17.9 Å². The van der Waals surface area contributed by atoms with E-state index in [2.05, 4.69) is 11.9 Å². The number of rotatable bonds is 9. The first-order chi connectivity index (χ1) is 12.0. The molecule has 1 aromatic carbocycles. The second kappa shape index (κ2) is 8.80. The molecule has 0 aliphatic rings. The molecule has 0 atom stereocenters. The molecule has 134 valence electrons. The van der Waals surface area contributed by atoms with Crippen LogP contribution in [0, 0.1) is 0 Å². The number of methoxy groups -OCH3 is 1. The fourth-order valence-corrected chi connectivity index (χ4v) is 4.64. The van der Waals surface area contributed by atoms with Gasteiger partial charge in [-0.05, 0) is 29.1 Å². The summed E-state index contributed by atoms with van der Waals surface area (Å²) in [6.45, 7) is 3.65. The van der Waals surface area contributed by atoms with Crippen LogP contribution in [0.4, 0.5) is 0 Å². The number of hydrogen-bond acceptors (Lipinski definition) is 5. The molecule has 1 amide bonds. The smallest absolute Gasteiger partial charge is 0.253 e. The van der Waals surface area contributed by atoms with Gasteiger partial charge in [0.1, 0.15) is 9.96 Å². The Labute approximate surface area is 151 Å². The number of thiophene rings is 1. The second-order valence-electron chi connectivity index (χ2n) is 5.15. The first-order valence-corrected chi connectivity index (χ1v) is 9.83. The number of ether oxygens (including phenoxy) is 1. The minimum Gasteiger partial charge on any atom is -0.497 e. The molecule has 2 rings (SSSR count). The highest BCUT2D eigenvalue weighted by Crippen LogP contribution is 2.20. The third-order valence-electron chi connectivity index (χ3n) is 3.37. The highest BCUT2D eigenvalue weighted by molar-refractivity contribution is 7.91. The Morgan fingerprint density at radius 1 is 1.36 bits per heavy atom. The van der Waals surface area contributed by atoms with Gasteiger partial charge in [0.2, 0.25) is 5.91 Å². The van der Waals surface area contributed by atoms with Gasteiger partial charge >= 0.3 is 0 Å². The van der Waals surface area contributed by atoms with Crippen molar-refractivity contribution in [3.05, 3.63) is 60.0 Å². The van der Waals surface area contributed by atoms with E-state index in [-0.39, 0.29) is 29.8 Å². The summed E-state index contributed by atoms with van der Waals surface area (Å²) in [5, 5.41) is 4.41. The molecule has 1 N–H and O–H groups in total. The quantitative estimate of drug-likeness (QED) is 0.677. The van der Waals surface area contributed by atoms with Gasteiger partial charge in [-0.1, -0.05) is 24.3 Å². The first kappa shape index (κ1) is 19.2. The summed E-state index contributed by atoms with van der Waals surface area (Å²) >= 11 is 1.12. The van der Waals surface area contributed by atoms with E-state index in [9.17, 15) is 13.2 Å². The fourth-order valence-electron chi connectivity index (χ4n) is 2.13. The Bertz CT molecular complexity index is 817. The summed E-state index contributed by atoms with van der Waals surface area (Å²) < 4.78 is 31.6. The summed E-state index contributed by atoms with van der Waals surface area (Å²) in [6, 6.07) is 10.5. The molecule has 0 saturated carbocycles. The van der Waals surface area contributed by atoms with Crippen LogP contribution in [0.15, 0.2) is 58.6 Å².